The predicted octanol–water partition coefficient (Wildman–Crippen LogP) is 5.14. The molecule has 0 unspecified atom stereocenters. The predicted molar refractivity (Wildman–Crippen MR) is 118 cm³/mol. The van der Waals surface area contributed by atoms with Crippen molar-refractivity contribution < 1.29 is 17.9 Å². The van der Waals surface area contributed by atoms with E-state index in [1.54, 1.807) is 37.2 Å². The van der Waals surface area contributed by atoms with Crippen LogP contribution in [0, 0.1) is 11.3 Å². The number of pyridine rings is 2. The lowest BCUT2D eigenvalue weighted by Crippen LogP contribution is -2.21. The molecule has 0 fully saturated rings. The van der Waals surface area contributed by atoms with Crippen molar-refractivity contribution in [3.63, 3.8) is 0 Å². The van der Waals surface area contributed by atoms with Crippen LogP contribution >= 0.6 is 0 Å². The third-order valence-corrected chi connectivity index (χ3v) is 5.20. The van der Waals surface area contributed by atoms with E-state index < -0.39 is 6.36 Å². The molecule has 9 heteroatoms. The van der Waals surface area contributed by atoms with Crippen molar-refractivity contribution in [1.82, 2.24) is 9.55 Å². The molecule has 2 aromatic carbocycles. The van der Waals surface area contributed by atoms with E-state index in [-0.39, 0.29) is 17.0 Å². The normalized spacial score (nSPS) is 11.3. The molecule has 0 saturated heterocycles. The van der Waals surface area contributed by atoms with Crippen molar-refractivity contribution >= 4 is 22.4 Å². The fraction of sp³-hybridized carbons (Fsp3) is 0.125. The summed E-state index contributed by atoms with van der Waals surface area (Å²) in [4.78, 5) is 18.7. The molecule has 33 heavy (non-hydrogen) atoms. The van der Waals surface area contributed by atoms with Crippen molar-refractivity contribution in [2.75, 3.05) is 11.9 Å². The maximum atomic E-state index is 12.5. The van der Waals surface area contributed by atoms with Gasteiger partial charge >= 0.3 is 6.36 Å². The number of nitrogens with zero attached hydrogens (tertiary/aromatic N) is 4. The summed E-state index contributed by atoms with van der Waals surface area (Å²) in [7, 11) is 3.41. The van der Waals surface area contributed by atoms with E-state index in [2.05, 4.69) is 9.72 Å². The van der Waals surface area contributed by atoms with Gasteiger partial charge in [-0.2, -0.15) is 5.26 Å². The molecule has 0 amide bonds. The van der Waals surface area contributed by atoms with Crippen LogP contribution in [0.3, 0.4) is 0 Å². The fourth-order valence-corrected chi connectivity index (χ4v) is 3.51. The van der Waals surface area contributed by atoms with Crippen LogP contribution in [0.1, 0.15) is 5.69 Å². The molecule has 0 aliphatic heterocycles. The zero-order valence-electron chi connectivity index (χ0n) is 17.6. The summed E-state index contributed by atoms with van der Waals surface area (Å²) >= 11 is 0. The number of ether oxygens (including phenoxy) is 1. The van der Waals surface area contributed by atoms with Gasteiger partial charge in [0.2, 0.25) is 0 Å². The Bertz CT molecular complexity index is 1440. The van der Waals surface area contributed by atoms with E-state index in [1.165, 1.54) is 34.9 Å². The highest BCUT2D eigenvalue weighted by Gasteiger charge is 2.31. The number of hydrogen-bond acceptors (Lipinski definition) is 5. The fourth-order valence-electron chi connectivity index (χ4n) is 3.51. The van der Waals surface area contributed by atoms with Gasteiger partial charge in [-0.15, -0.1) is 13.2 Å². The molecule has 2 aromatic heterocycles. The van der Waals surface area contributed by atoms with Gasteiger partial charge in [0.25, 0.3) is 5.56 Å². The highest BCUT2D eigenvalue weighted by molar-refractivity contribution is 5.91. The number of hydrogen-bond donors (Lipinski definition) is 0. The lowest BCUT2D eigenvalue weighted by atomic mass is 10.0. The number of anilines is 2. The number of aryl methyl sites for hydroxylation is 1. The molecule has 0 bridgehead atoms. The second kappa shape index (κ2) is 8.31. The highest BCUT2D eigenvalue weighted by Crippen LogP contribution is 2.32. The molecule has 2 heterocycles. The van der Waals surface area contributed by atoms with Crippen LogP contribution in [0.2, 0.25) is 0 Å². The van der Waals surface area contributed by atoms with Crippen LogP contribution in [0.25, 0.3) is 22.2 Å². The van der Waals surface area contributed by atoms with E-state index in [9.17, 15) is 23.2 Å². The largest absolute Gasteiger partial charge is 0.573 e. The molecular formula is C24H17F3N4O2. The van der Waals surface area contributed by atoms with Gasteiger partial charge in [0, 0.05) is 25.8 Å². The summed E-state index contributed by atoms with van der Waals surface area (Å²) in [5.41, 5.74) is 3.78. The lowest BCUT2D eigenvalue weighted by Gasteiger charge is -2.22. The van der Waals surface area contributed by atoms with Gasteiger partial charge in [-0.25, -0.2) is 4.98 Å². The maximum Gasteiger partial charge on any atom is 0.573 e. The van der Waals surface area contributed by atoms with Crippen LogP contribution < -0.4 is 15.2 Å². The van der Waals surface area contributed by atoms with Crippen molar-refractivity contribution in [1.29, 1.82) is 5.26 Å². The summed E-state index contributed by atoms with van der Waals surface area (Å²) in [6, 6.07) is 19.6. The van der Waals surface area contributed by atoms with E-state index in [0.717, 1.165) is 11.3 Å². The first-order chi connectivity index (χ1) is 15.7. The van der Waals surface area contributed by atoms with Crippen molar-refractivity contribution in [2.24, 2.45) is 7.05 Å². The number of rotatable bonds is 4. The van der Waals surface area contributed by atoms with Gasteiger partial charge in [0.15, 0.2) is 0 Å². The van der Waals surface area contributed by atoms with Crippen LogP contribution in [0.15, 0.2) is 71.5 Å². The average Bonchev–Trinajstić information content (AvgIpc) is 2.80. The lowest BCUT2D eigenvalue weighted by molar-refractivity contribution is -0.274. The quantitative estimate of drug-likeness (QED) is 0.431. The third-order valence-electron chi connectivity index (χ3n) is 5.20. The van der Waals surface area contributed by atoms with Crippen molar-refractivity contribution in [3.8, 4) is 22.9 Å². The molecule has 4 aromatic rings. The van der Waals surface area contributed by atoms with Gasteiger partial charge in [0.05, 0.1) is 11.2 Å². The standard InChI is InChI=1S/C24H17F3N4O2/c1-30(21-13-22(32)31(2)20-11-8-17(14-28)29-23(20)21)18-5-3-4-16(12-18)15-6-9-19(10-7-15)33-24(25,26)27/h3-13H,1-2H3. The smallest absolute Gasteiger partial charge is 0.406 e. The maximum absolute atomic E-state index is 12.5. The Balaban J connectivity index is 1.74. The minimum absolute atomic E-state index is 0.228. The second-order valence-electron chi connectivity index (χ2n) is 7.28. The Labute approximate surface area is 186 Å². The van der Waals surface area contributed by atoms with Gasteiger partial charge in [0.1, 0.15) is 23.0 Å². The molecule has 0 radical (unpaired) electrons. The monoisotopic (exact) mass is 450 g/mol. The SMILES string of the molecule is CN(c1cccc(-c2ccc(OC(F)(F)F)cc2)c1)c1cc(=O)n(C)c2ccc(C#N)nc12. The average molecular weight is 450 g/mol. The van der Waals surface area contributed by atoms with Crippen molar-refractivity contribution in [3.05, 3.63) is 82.8 Å². The minimum Gasteiger partial charge on any atom is -0.406 e. The summed E-state index contributed by atoms with van der Waals surface area (Å²) in [5, 5.41) is 9.25. The Morgan fingerprint density at radius 1 is 1.03 bits per heavy atom. The Morgan fingerprint density at radius 2 is 1.76 bits per heavy atom. The van der Waals surface area contributed by atoms with E-state index in [0.29, 0.717) is 22.3 Å². The highest BCUT2D eigenvalue weighted by atomic mass is 19.4. The zero-order valence-corrected chi connectivity index (χ0v) is 17.6. The summed E-state index contributed by atoms with van der Waals surface area (Å²) in [6.45, 7) is 0. The number of benzene rings is 2. The number of nitriles is 1. The summed E-state index contributed by atoms with van der Waals surface area (Å²) in [5.74, 6) is -0.300. The van der Waals surface area contributed by atoms with Gasteiger partial charge < -0.3 is 14.2 Å². The zero-order chi connectivity index (χ0) is 23.8. The Morgan fingerprint density at radius 3 is 2.42 bits per heavy atom. The molecule has 0 saturated carbocycles. The Kier molecular flexibility index (Phi) is 5.52. The molecular weight excluding hydrogens is 433 g/mol. The molecule has 6 nitrogen and oxygen atoms in total. The molecule has 0 atom stereocenters. The first kappa shape index (κ1) is 21.9. The molecule has 0 aliphatic rings. The van der Waals surface area contributed by atoms with Crippen LogP contribution in [-0.2, 0) is 7.05 Å². The molecule has 0 N–H and O–H groups in total. The number of aromatic nitrogens is 2. The first-order valence-electron chi connectivity index (χ1n) is 9.77. The van der Waals surface area contributed by atoms with Crippen LogP contribution in [-0.4, -0.2) is 23.0 Å². The van der Waals surface area contributed by atoms with Gasteiger partial charge in [-0.1, -0.05) is 24.3 Å². The minimum atomic E-state index is -4.75. The summed E-state index contributed by atoms with van der Waals surface area (Å²) < 4.78 is 42.6. The third kappa shape index (κ3) is 4.50. The topological polar surface area (TPSA) is 71.2 Å². The van der Waals surface area contributed by atoms with E-state index >= 15 is 0 Å². The van der Waals surface area contributed by atoms with Crippen LogP contribution in [0.4, 0.5) is 24.5 Å². The summed E-state index contributed by atoms with van der Waals surface area (Å²) in [6.07, 6.45) is -4.75. The number of alkyl halides is 3. The number of halogens is 3. The van der Waals surface area contributed by atoms with E-state index in [1.807, 2.05) is 24.3 Å². The van der Waals surface area contributed by atoms with Gasteiger partial charge in [-0.05, 0) is 47.5 Å². The number of fused-ring (bicyclic) bond motifs is 1. The van der Waals surface area contributed by atoms with Crippen molar-refractivity contribution in [2.45, 2.75) is 6.36 Å². The second-order valence-corrected chi connectivity index (χ2v) is 7.28. The molecule has 4 rings (SSSR count). The molecule has 0 spiro atoms. The molecule has 166 valence electrons. The van der Waals surface area contributed by atoms with Crippen LogP contribution in [0.5, 0.6) is 5.75 Å². The van der Waals surface area contributed by atoms with Gasteiger partial charge in [-0.3, -0.25) is 4.79 Å². The Hall–Kier alpha value is -4.32. The first-order valence-corrected chi connectivity index (χ1v) is 9.77. The molecule has 0 aliphatic carbocycles. The van der Waals surface area contributed by atoms with E-state index in [4.69, 9.17) is 0 Å².